The van der Waals surface area contributed by atoms with E-state index in [1.54, 1.807) is 24.3 Å². The van der Waals surface area contributed by atoms with Crippen LogP contribution in [0.25, 0.3) is 0 Å². The van der Waals surface area contributed by atoms with E-state index in [9.17, 15) is 4.79 Å². The predicted molar refractivity (Wildman–Crippen MR) is 111 cm³/mol. The first-order valence-electron chi connectivity index (χ1n) is 7.98. The molecule has 0 aliphatic carbocycles. The van der Waals surface area contributed by atoms with Crippen molar-refractivity contribution in [3.05, 3.63) is 82.6 Å². The van der Waals surface area contributed by atoms with Crippen molar-refractivity contribution >= 4 is 45.0 Å². The molecule has 0 fully saturated rings. The summed E-state index contributed by atoms with van der Waals surface area (Å²) in [4.78, 5) is 20.7. The average Bonchev–Trinajstić information content (AvgIpc) is 2.69. The van der Waals surface area contributed by atoms with Crippen LogP contribution in [0.5, 0.6) is 5.88 Å². The van der Waals surface area contributed by atoms with Crippen LogP contribution >= 0.6 is 28.1 Å². The maximum absolute atomic E-state index is 12.2. The highest BCUT2D eigenvalue weighted by Gasteiger charge is 2.13. The van der Waals surface area contributed by atoms with Crippen LogP contribution in [0.1, 0.15) is 15.9 Å². The van der Waals surface area contributed by atoms with Gasteiger partial charge in [-0.15, -0.1) is 0 Å². The number of nitrogens with zero attached hydrogens (tertiary/aromatic N) is 2. The first kappa shape index (κ1) is 18.9. The number of ether oxygens (including phenoxy) is 1. The van der Waals surface area contributed by atoms with Gasteiger partial charge >= 0.3 is 0 Å². The molecular weight excluding hydrogens is 428 g/mol. The molecule has 0 aliphatic heterocycles. The van der Waals surface area contributed by atoms with E-state index in [0.717, 1.165) is 5.56 Å². The van der Waals surface area contributed by atoms with Crippen molar-refractivity contribution < 1.29 is 9.53 Å². The maximum Gasteiger partial charge on any atom is 0.259 e. The van der Waals surface area contributed by atoms with Crippen LogP contribution in [0.2, 0.25) is 0 Å². The number of benzene rings is 2. The van der Waals surface area contributed by atoms with Gasteiger partial charge in [-0.2, -0.15) is 0 Å². The van der Waals surface area contributed by atoms with E-state index < -0.39 is 0 Å². The summed E-state index contributed by atoms with van der Waals surface area (Å²) in [5.74, 6) is 0.266. The first-order valence-corrected chi connectivity index (χ1v) is 9.18. The molecule has 2 N–H and O–H groups in total. The standard InChI is InChI=1S/C19H15BrN4O2S/c20-15-11-21-16(18(22-15)26-12-13-7-3-1-4-8-13)23-19(27)24-17(25)14-9-5-2-6-10-14/h1-11H,12H2,(H2,21,23,24,25,27). The molecule has 136 valence electrons. The number of hydrogen-bond donors (Lipinski definition) is 2. The van der Waals surface area contributed by atoms with Crippen molar-refractivity contribution in [1.82, 2.24) is 15.3 Å². The molecule has 0 aliphatic rings. The van der Waals surface area contributed by atoms with Crippen LogP contribution < -0.4 is 15.4 Å². The number of rotatable bonds is 5. The SMILES string of the molecule is O=C(NC(=S)Nc1ncc(Br)nc1OCc1ccccc1)c1ccccc1. The van der Waals surface area contributed by atoms with Gasteiger partial charge in [-0.3, -0.25) is 10.1 Å². The van der Waals surface area contributed by atoms with Gasteiger partial charge in [0.25, 0.3) is 11.8 Å². The molecule has 1 amide bonds. The second-order valence-corrected chi connectivity index (χ2v) is 6.62. The number of carbonyl (C=O) groups excluding carboxylic acids is 1. The Balaban J connectivity index is 1.67. The van der Waals surface area contributed by atoms with Crippen LogP contribution in [0.15, 0.2) is 71.5 Å². The molecule has 0 saturated carbocycles. The van der Waals surface area contributed by atoms with Gasteiger partial charge in [0.05, 0.1) is 6.20 Å². The summed E-state index contributed by atoms with van der Waals surface area (Å²) < 4.78 is 6.28. The van der Waals surface area contributed by atoms with E-state index in [4.69, 9.17) is 17.0 Å². The molecule has 0 unspecified atom stereocenters. The number of anilines is 1. The first-order chi connectivity index (χ1) is 13.1. The van der Waals surface area contributed by atoms with Crippen molar-refractivity contribution in [3.8, 4) is 5.88 Å². The monoisotopic (exact) mass is 442 g/mol. The molecule has 27 heavy (non-hydrogen) atoms. The lowest BCUT2D eigenvalue weighted by molar-refractivity contribution is 0.0977. The zero-order chi connectivity index (χ0) is 19.1. The fourth-order valence-corrected chi connectivity index (χ4v) is 2.62. The van der Waals surface area contributed by atoms with Crippen LogP contribution in [0.4, 0.5) is 5.82 Å². The van der Waals surface area contributed by atoms with Crippen molar-refractivity contribution in [2.45, 2.75) is 6.61 Å². The van der Waals surface area contributed by atoms with Crippen LogP contribution in [0, 0.1) is 0 Å². The highest BCUT2D eigenvalue weighted by Crippen LogP contribution is 2.22. The Bertz CT molecular complexity index is 939. The molecule has 0 bridgehead atoms. The third-order valence-corrected chi connectivity index (χ3v) is 4.01. The maximum atomic E-state index is 12.2. The summed E-state index contributed by atoms with van der Waals surface area (Å²) in [7, 11) is 0. The van der Waals surface area contributed by atoms with Gasteiger partial charge in [0.15, 0.2) is 10.9 Å². The summed E-state index contributed by atoms with van der Waals surface area (Å²) in [6.07, 6.45) is 1.51. The molecule has 3 aromatic rings. The van der Waals surface area contributed by atoms with Gasteiger partial charge in [-0.25, -0.2) is 9.97 Å². The normalized spacial score (nSPS) is 10.1. The summed E-state index contributed by atoms with van der Waals surface area (Å²) >= 11 is 8.48. The van der Waals surface area contributed by atoms with E-state index in [0.29, 0.717) is 22.6 Å². The topological polar surface area (TPSA) is 76.1 Å². The van der Waals surface area contributed by atoms with E-state index in [1.807, 2.05) is 36.4 Å². The Morgan fingerprint density at radius 1 is 1.07 bits per heavy atom. The number of nitrogens with one attached hydrogen (secondary N) is 2. The Morgan fingerprint density at radius 2 is 1.74 bits per heavy atom. The van der Waals surface area contributed by atoms with Crippen LogP contribution in [0.3, 0.4) is 0 Å². The minimum atomic E-state index is -0.315. The predicted octanol–water partition coefficient (Wildman–Crippen LogP) is 3.94. The number of hydrogen-bond acceptors (Lipinski definition) is 5. The molecule has 6 nitrogen and oxygen atoms in total. The second-order valence-electron chi connectivity index (χ2n) is 5.40. The van der Waals surface area contributed by atoms with Crippen molar-refractivity contribution in [3.63, 3.8) is 0 Å². The summed E-state index contributed by atoms with van der Waals surface area (Å²) in [6.45, 7) is 0.323. The Hall–Kier alpha value is -2.84. The summed E-state index contributed by atoms with van der Waals surface area (Å²) in [6, 6.07) is 18.5. The van der Waals surface area contributed by atoms with Gasteiger partial charge in [0.1, 0.15) is 11.2 Å². The molecule has 0 radical (unpaired) electrons. The highest BCUT2D eigenvalue weighted by molar-refractivity contribution is 9.10. The summed E-state index contributed by atoms with van der Waals surface area (Å²) in [5, 5.41) is 5.56. The van der Waals surface area contributed by atoms with Gasteiger partial charge < -0.3 is 10.1 Å². The Labute approximate surface area is 170 Å². The number of halogens is 1. The fraction of sp³-hybridized carbons (Fsp3) is 0.0526. The largest absolute Gasteiger partial charge is 0.470 e. The quantitative estimate of drug-likeness (QED) is 0.582. The second kappa shape index (κ2) is 9.20. The molecule has 0 spiro atoms. The van der Waals surface area contributed by atoms with E-state index in [-0.39, 0.29) is 16.9 Å². The number of aromatic nitrogens is 2. The number of amides is 1. The zero-order valence-electron chi connectivity index (χ0n) is 14.1. The van der Waals surface area contributed by atoms with E-state index in [2.05, 4.69) is 36.5 Å². The molecule has 1 heterocycles. The summed E-state index contributed by atoms with van der Waals surface area (Å²) in [5.41, 5.74) is 1.49. The van der Waals surface area contributed by atoms with Gasteiger partial charge in [0.2, 0.25) is 0 Å². The number of thiocarbonyl (C=S) groups is 1. The molecule has 0 atom stereocenters. The zero-order valence-corrected chi connectivity index (χ0v) is 16.5. The Kier molecular flexibility index (Phi) is 6.45. The smallest absolute Gasteiger partial charge is 0.259 e. The average molecular weight is 443 g/mol. The van der Waals surface area contributed by atoms with E-state index in [1.165, 1.54) is 6.20 Å². The third kappa shape index (κ3) is 5.57. The molecule has 8 heteroatoms. The van der Waals surface area contributed by atoms with Crippen molar-refractivity contribution in [2.24, 2.45) is 0 Å². The lowest BCUT2D eigenvalue weighted by Crippen LogP contribution is -2.34. The van der Waals surface area contributed by atoms with Crippen LogP contribution in [-0.4, -0.2) is 21.0 Å². The lowest BCUT2D eigenvalue weighted by Gasteiger charge is -2.13. The molecule has 2 aromatic carbocycles. The van der Waals surface area contributed by atoms with Crippen LogP contribution in [-0.2, 0) is 6.61 Å². The molecule has 0 saturated heterocycles. The minimum absolute atomic E-state index is 0.102. The fourth-order valence-electron chi connectivity index (χ4n) is 2.17. The third-order valence-electron chi connectivity index (χ3n) is 3.42. The molecular formula is C19H15BrN4O2S. The van der Waals surface area contributed by atoms with Gasteiger partial charge in [0, 0.05) is 5.56 Å². The molecule has 1 aromatic heterocycles. The Morgan fingerprint density at radius 3 is 2.44 bits per heavy atom. The van der Waals surface area contributed by atoms with Gasteiger partial charge in [-0.1, -0.05) is 48.5 Å². The minimum Gasteiger partial charge on any atom is -0.470 e. The van der Waals surface area contributed by atoms with Gasteiger partial charge in [-0.05, 0) is 45.8 Å². The van der Waals surface area contributed by atoms with E-state index >= 15 is 0 Å². The van der Waals surface area contributed by atoms with Crippen molar-refractivity contribution in [2.75, 3.05) is 5.32 Å². The van der Waals surface area contributed by atoms with Crippen molar-refractivity contribution in [1.29, 1.82) is 0 Å². The lowest BCUT2D eigenvalue weighted by atomic mass is 10.2. The highest BCUT2D eigenvalue weighted by atomic mass is 79.9. The number of carbonyl (C=O) groups is 1. The molecule has 3 rings (SSSR count).